The minimum atomic E-state index is -3.47. The van der Waals surface area contributed by atoms with Gasteiger partial charge in [-0.2, -0.15) is 0 Å². The number of hydrogen-bond donors (Lipinski definition) is 1. The van der Waals surface area contributed by atoms with Crippen LogP contribution >= 0.6 is 0 Å². The maximum Gasteiger partial charge on any atom is 0.291 e. The Hall–Kier alpha value is -2.32. The zero-order valence-corrected chi connectivity index (χ0v) is 14.0. The number of carbonyl (C=O) groups excluding carboxylic acids is 1. The SMILES string of the molecule is CS(=O)(=O)c1ccc(C(=O)Nc2cccc(N3CCOCC3)c2)o1. The van der Waals surface area contributed by atoms with Crippen LogP contribution in [-0.2, 0) is 14.6 Å². The Morgan fingerprint density at radius 3 is 2.58 bits per heavy atom. The molecular formula is C16H18N2O5S. The Labute approximate surface area is 140 Å². The molecule has 2 aromatic rings. The van der Waals surface area contributed by atoms with E-state index in [0.717, 1.165) is 25.0 Å². The third-order valence-corrected chi connectivity index (χ3v) is 4.60. The van der Waals surface area contributed by atoms with Crippen molar-refractivity contribution in [2.24, 2.45) is 0 Å². The molecular weight excluding hydrogens is 332 g/mol. The molecule has 1 fully saturated rings. The topological polar surface area (TPSA) is 88.9 Å². The number of carbonyl (C=O) groups is 1. The van der Waals surface area contributed by atoms with Gasteiger partial charge in [0, 0.05) is 30.7 Å². The van der Waals surface area contributed by atoms with Crippen LogP contribution in [0.5, 0.6) is 0 Å². The van der Waals surface area contributed by atoms with Crippen LogP contribution in [-0.4, -0.2) is 46.9 Å². The quantitative estimate of drug-likeness (QED) is 0.904. The highest BCUT2D eigenvalue weighted by atomic mass is 32.2. The first-order chi connectivity index (χ1) is 11.4. The number of nitrogens with zero attached hydrogens (tertiary/aromatic N) is 1. The molecule has 1 saturated heterocycles. The number of amides is 1. The lowest BCUT2D eigenvalue weighted by Crippen LogP contribution is -2.36. The summed E-state index contributed by atoms with van der Waals surface area (Å²) < 4.78 is 33.2. The highest BCUT2D eigenvalue weighted by Crippen LogP contribution is 2.21. The van der Waals surface area contributed by atoms with E-state index in [0.29, 0.717) is 18.9 Å². The van der Waals surface area contributed by atoms with Gasteiger partial charge in [0.15, 0.2) is 5.76 Å². The highest BCUT2D eigenvalue weighted by molar-refractivity contribution is 7.90. The van der Waals surface area contributed by atoms with E-state index in [9.17, 15) is 13.2 Å². The molecule has 0 bridgehead atoms. The number of hydrogen-bond acceptors (Lipinski definition) is 6. The van der Waals surface area contributed by atoms with Gasteiger partial charge in [-0.25, -0.2) is 8.42 Å². The molecule has 24 heavy (non-hydrogen) atoms. The van der Waals surface area contributed by atoms with Crippen molar-refractivity contribution >= 4 is 27.1 Å². The lowest BCUT2D eigenvalue weighted by Gasteiger charge is -2.29. The summed E-state index contributed by atoms with van der Waals surface area (Å²) in [6, 6.07) is 10.1. The second-order valence-electron chi connectivity index (χ2n) is 5.49. The fourth-order valence-electron chi connectivity index (χ4n) is 2.44. The van der Waals surface area contributed by atoms with E-state index in [4.69, 9.17) is 9.15 Å². The summed E-state index contributed by atoms with van der Waals surface area (Å²) in [6.45, 7) is 2.95. The van der Waals surface area contributed by atoms with Gasteiger partial charge in [-0.15, -0.1) is 0 Å². The molecule has 0 spiro atoms. The lowest BCUT2D eigenvalue weighted by atomic mass is 10.2. The molecule has 0 saturated carbocycles. The van der Waals surface area contributed by atoms with Crippen molar-refractivity contribution in [3.63, 3.8) is 0 Å². The van der Waals surface area contributed by atoms with Crippen molar-refractivity contribution in [2.45, 2.75) is 5.09 Å². The summed E-state index contributed by atoms with van der Waals surface area (Å²) in [5.41, 5.74) is 1.61. The molecule has 0 aliphatic carbocycles. The zero-order valence-electron chi connectivity index (χ0n) is 13.2. The van der Waals surface area contributed by atoms with Crippen molar-refractivity contribution in [3.8, 4) is 0 Å². The largest absolute Gasteiger partial charge is 0.440 e. The molecule has 8 heteroatoms. The fraction of sp³-hybridized carbons (Fsp3) is 0.312. The van der Waals surface area contributed by atoms with Gasteiger partial charge in [-0.3, -0.25) is 4.79 Å². The smallest absolute Gasteiger partial charge is 0.291 e. The predicted octanol–water partition coefficient (Wildman–Crippen LogP) is 1.77. The van der Waals surface area contributed by atoms with Crippen LogP contribution < -0.4 is 10.2 Å². The molecule has 0 atom stereocenters. The molecule has 1 N–H and O–H groups in total. The molecule has 2 heterocycles. The summed E-state index contributed by atoms with van der Waals surface area (Å²) in [4.78, 5) is 14.4. The molecule has 1 amide bonds. The summed E-state index contributed by atoms with van der Waals surface area (Å²) in [6.07, 6.45) is 1.03. The van der Waals surface area contributed by atoms with E-state index >= 15 is 0 Å². The number of ether oxygens (including phenoxy) is 1. The van der Waals surface area contributed by atoms with Crippen molar-refractivity contribution < 1.29 is 22.4 Å². The van der Waals surface area contributed by atoms with E-state index in [2.05, 4.69) is 10.2 Å². The Balaban J connectivity index is 1.73. The number of morpholine rings is 1. The van der Waals surface area contributed by atoms with Crippen LogP contribution in [0.1, 0.15) is 10.6 Å². The normalized spacial score (nSPS) is 15.3. The minimum Gasteiger partial charge on any atom is -0.440 e. The van der Waals surface area contributed by atoms with Crippen molar-refractivity contribution in [1.82, 2.24) is 0 Å². The Morgan fingerprint density at radius 2 is 1.92 bits per heavy atom. The molecule has 128 valence electrons. The second kappa shape index (κ2) is 6.66. The monoisotopic (exact) mass is 350 g/mol. The average Bonchev–Trinajstić information content (AvgIpc) is 3.06. The minimum absolute atomic E-state index is 0.0489. The van der Waals surface area contributed by atoms with Gasteiger partial charge in [-0.05, 0) is 30.3 Å². The van der Waals surface area contributed by atoms with Gasteiger partial charge < -0.3 is 19.4 Å². The van der Waals surface area contributed by atoms with Crippen LogP contribution in [0.3, 0.4) is 0 Å². The van der Waals surface area contributed by atoms with Crippen molar-refractivity contribution in [3.05, 3.63) is 42.2 Å². The van der Waals surface area contributed by atoms with Crippen LogP contribution in [0.15, 0.2) is 45.9 Å². The number of sulfone groups is 1. The lowest BCUT2D eigenvalue weighted by molar-refractivity contribution is 0.0991. The number of furan rings is 1. The first kappa shape index (κ1) is 16.5. The van der Waals surface area contributed by atoms with Gasteiger partial charge >= 0.3 is 0 Å². The number of nitrogens with one attached hydrogen (secondary N) is 1. The molecule has 1 aromatic heterocycles. The van der Waals surface area contributed by atoms with E-state index in [1.54, 1.807) is 6.07 Å². The van der Waals surface area contributed by atoms with Crippen LogP contribution in [0, 0.1) is 0 Å². The Bertz CT molecular complexity index is 838. The number of anilines is 2. The first-order valence-electron chi connectivity index (χ1n) is 7.47. The average molecular weight is 350 g/mol. The van der Waals surface area contributed by atoms with Crippen LogP contribution in [0.2, 0.25) is 0 Å². The predicted molar refractivity (Wildman–Crippen MR) is 89.2 cm³/mol. The maximum absolute atomic E-state index is 12.2. The van der Waals surface area contributed by atoms with Crippen molar-refractivity contribution in [1.29, 1.82) is 0 Å². The summed E-state index contributed by atoms with van der Waals surface area (Å²) in [5, 5.41) is 2.49. The molecule has 3 rings (SSSR count). The molecule has 0 radical (unpaired) electrons. The number of rotatable bonds is 4. The molecule has 1 aromatic carbocycles. The molecule has 0 unspecified atom stereocenters. The Kier molecular flexibility index (Phi) is 4.59. The van der Waals surface area contributed by atoms with E-state index in [1.807, 2.05) is 18.2 Å². The third-order valence-electron chi connectivity index (χ3n) is 3.65. The summed E-state index contributed by atoms with van der Waals surface area (Å²) in [5.74, 6) is -0.545. The number of benzene rings is 1. The van der Waals surface area contributed by atoms with Gasteiger partial charge in [0.2, 0.25) is 14.9 Å². The summed E-state index contributed by atoms with van der Waals surface area (Å²) in [7, 11) is -3.47. The molecule has 7 nitrogen and oxygen atoms in total. The van der Waals surface area contributed by atoms with Gasteiger partial charge in [-0.1, -0.05) is 6.07 Å². The third kappa shape index (κ3) is 3.77. The van der Waals surface area contributed by atoms with Crippen LogP contribution in [0.25, 0.3) is 0 Å². The summed E-state index contributed by atoms with van der Waals surface area (Å²) >= 11 is 0. The van der Waals surface area contributed by atoms with E-state index < -0.39 is 15.7 Å². The standard InChI is InChI=1S/C16H18N2O5S/c1-24(20,21)15-6-5-14(23-15)16(19)17-12-3-2-4-13(11-12)18-7-9-22-10-8-18/h2-6,11H,7-10H2,1H3,(H,17,19). The van der Waals surface area contributed by atoms with E-state index in [-0.39, 0.29) is 10.9 Å². The second-order valence-corrected chi connectivity index (χ2v) is 7.44. The fourth-order valence-corrected chi connectivity index (χ4v) is 2.99. The van der Waals surface area contributed by atoms with Gasteiger partial charge in [0.25, 0.3) is 5.91 Å². The maximum atomic E-state index is 12.2. The van der Waals surface area contributed by atoms with Gasteiger partial charge in [0.05, 0.1) is 13.2 Å². The molecule has 1 aliphatic heterocycles. The van der Waals surface area contributed by atoms with Crippen molar-refractivity contribution in [2.75, 3.05) is 42.8 Å². The molecule has 1 aliphatic rings. The highest BCUT2D eigenvalue weighted by Gasteiger charge is 2.17. The first-order valence-corrected chi connectivity index (χ1v) is 9.36. The zero-order chi connectivity index (χ0) is 17.2. The van der Waals surface area contributed by atoms with E-state index in [1.165, 1.54) is 12.1 Å². The Morgan fingerprint density at radius 1 is 1.17 bits per heavy atom. The van der Waals surface area contributed by atoms with Crippen LogP contribution in [0.4, 0.5) is 11.4 Å². The van der Waals surface area contributed by atoms with Gasteiger partial charge in [0.1, 0.15) is 0 Å².